The summed E-state index contributed by atoms with van der Waals surface area (Å²) in [6, 6.07) is 6.80. The van der Waals surface area contributed by atoms with E-state index in [1.165, 1.54) is 16.8 Å². The third-order valence-electron chi connectivity index (χ3n) is 3.97. The third kappa shape index (κ3) is 2.71. The van der Waals surface area contributed by atoms with Crippen molar-refractivity contribution in [2.45, 2.75) is 19.3 Å². The van der Waals surface area contributed by atoms with Crippen LogP contribution in [-0.4, -0.2) is 22.4 Å². The Bertz CT molecular complexity index is 889. The van der Waals surface area contributed by atoms with Crippen LogP contribution in [0, 0.1) is 0 Å². The molecule has 3 aromatic rings. The van der Waals surface area contributed by atoms with Crippen LogP contribution in [0.25, 0.3) is 10.2 Å². The SMILES string of the molecule is O=C(COc1ncnc2sc3c(c12)CCC3)c1ccc(Cl)cc1. The minimum absolute atomic E-state index is 0.0433. The number of aryl methyl sites for hydroxylation is 2. The number of Topliss-reactive ketones (excluding diaryl/α,β-unsaturated/α-hetero) is 1. The molecule has 0 N–H and O–H groups in total. The molecule has 116 valence electrons. The van der Waals surface area contributed by atoms with Crippen LogP contribution < -0.4 is 4.74 Å². The van der Waals surface area contributed by atoms with Gasteiger partial charge in [0.2, 0.25) is 5.88 Å². The van der Waals surface area contributed by atoms with E-state index in [1.807, 2.05) is 0 Å². The van der Waals surface area contributed by atoms with Crippen LogP contribution in [-0.2, 0) is 12.8 Å². The van der Waals surface area contributed by atoms with Crippen LogP contribution in [0.5, 0.6) is 5.88 Å². The Morgan fingerprint density at radius 1 is 1.22 bits per heavy atom. The van der Waals surface area contributed by atoms with Crippen molar-refractivity contribution in [1.29, 1.82) is 0 Å². The normalized spacial score (nSPS) is 13.3. The number of benzene rings is 1. The highest BCUT2D eigenvalue weighted by Crippen LogP contribution is 2.39. The van der Waals surface area contributed by atoms with Gasteiger partial charge in [-0.25, -0.2) is 9.97 Å². The number of carbonyl (C=O) groups is 1. The fourth-order valence-corrected chi connectivity index (χ4v) is 4.21. The molecule has 0 fully saturated rings. The number of aromatic nitrogens is 2. The van der Waals surface area contributed by atoms with E-state index in [0.29, 0.717) is 16.5 Å². The molecule has 0 amide bonds. The minimum atomic E-state index is -0.0969. The summed E-state index contributed by atoms with van der Waals surface area (Å²) in [6.07, 6.45) is 4.79. The van der Waals surface area contributed by atoms with Gasteiger partial charge in [-0.15, -0.1) is 11.3 Å². The lowest BCUT2D eigenvalue weighted by atomic mass is 10.1. The minimum Gasteiger partial charge on any atom is -0.469 e. The van der Waals surface area contributed by atoms with Gasteiger partial charge in [-0.05, 0) is 49.1 Å². The second-order valence-electron chi connectivity index (χ2n) is 5.44. The van der Waals surface area contributed by atoms with Crippen LogP contribution in [0.15, 0.2) is 30.6 Å². The Morgan fingerprint density at radius 3 is 2.87 bits per heavy atom. The fraction of sp³-hybridized carbons (Fsp3) is 0.235. The van der Waals surface area contributed by atoms with Crippen LogP contribution in [0.3, 0.4) is 0 Å². The number of halogens is 1. The summed E-state index contributed by atoms with van der Waals surface area (Å²) >= 11 is 7.54. The van der Waals surface area contributed by atoms with Gasteiger partial charge in [-0.3, -0.25) is 4.79 Å². The number of nitrogens with zero attached hydrogens (tertiary/aromatic N) is 2. The first-order valence-corrected chi connectivity index (χ1v) is 8.58. The molecule has 2 aromatic heterocycles. The monoisotopic (exact) mass is 344 g/mol. The fourth-order valence-electron chi connectivity index (χ4n) is 2.86. The Balaban J connectivity index is 1.58. The molecule has 0 radical (unpaired) electrons. The van der Waals surface area contributed by atoms with Gasteiger partial charge in [0.15, 0.2) is 12.4 Å². The zero-order valence-electron chi connectivity index (χ0n) is 12.2. The zero-order chi connectivity index (χ0) is 15.8. The van der Waals surface area contributed by atoms with E-state index in [0.717, 1.165) is 29.5 Å². The van der Waals surface area contributed by atoms with Crippen molar-refractivity contribution >= 4 is 38.9 Å². The summed E-state index contributed by atoms with van der Waals surface area (Å²) < 4.78 is 5.72. The average molecular weight is 345 g/mol. The molecule has 1 aliphatic rings. The molecule has 6 heteroatoms. The lowest BCUT2D eigenvalue weighted by Crippen LogP contribution is -2.12. The van der Waals surface area contributed by atoms with Crippen molar-refractivity contribution < 1.29 is 9.53 Å². The van der Waals surface area contributed by atoms with Gasteiger partial charge < -0.3 is 4.74 Å². The van der Waals surface area contributed by atoms with Crippen LogP contribution in [0.4, 0.5) is 0 Å². The summed E-state index contributed by atoms with van der Waals surface area (Å²) in [5, 5.41) is 1.59. The van der Waals surface area contributed by atoms with Gasteiger partial charge in [0.25, 0.3) is 0 Å². The van der Waals surface area contributed by atoms with Gasteiger partial charge >= 0.3 is 0 Å². The van der Waals surface area contributed by atoms with Crippen molar-refractivity contribution in [3.8, 4) is 5.88 Å². The molecule has 0 atom stereocenters. The summed E-state index contributed by atoms with van der Waals surface area (Å²) in [6.45, 7) is -0.0433. The van der Waals surface area contributed by atoms with Crippen LogP contribution in [0.1, 0.15) is 27.2 Å². The maximum atomic E-state index is 12.2. The predicted molar refractivity (Wildman–Crippen MR) is 90.7 cm³/mol. The van der Waals surface area contributed by atoms with Crippen molar-refractivity contribution in [3.05, 3.63) is 51.6 Å². The summed E-state index contributed by atoms with van der Waals surface area (Å²) in [5.74, 6) is 0.414. The van der Waals surface area contributed by atoms with E-state index >= 15 is 0 Å². The largest absolute Gasteiger partial charge is 0.469 e. The number of hydrogen-bond acceptors (Lipinski definition) is 5. The highest BCUT2D eigenvalue weighted by molar-refractivity contribution is 7.18. The number of rotatable bonds is 4. The highest BCUT2D eigenvalue weighted by Gasteiger charge is 2.22. The second-order valence-corrected chi connectivity index (χ2v) is 6.96. The third-order valence-corrected chi connectivity index (χ3v) is 5.42. The van der Waals surface area contributed by atoms with Crippen LogP contribution >= 0.6 is 22.9 Å². The first kappa shape index (κ1) is 14.6. The molecular weight excluding hydrogens is 332 g/mol. The molecule has 1 aliphatic carbocycles. The van der Waals surface area contributed by atoms with E-state index in [2.05, 4.69) is 9.97 Å². The summed E-state index contributed by atoms with van der Waals surface area (Å²) in [7, 11) is 0. The zero-order valence-corrected chi connectivity index (χ0v) is 13.8. The number of ketones is 1. The molecule has 0 spiro atoms. The van der Waals surface area contributed by atoms with E-state index in [1.54, 1.807) is 35.6 Å². The van der Waals surface area contributed by atoms with Gasteiger partial charge in [-0.1, -0.05) is 11.6 Å². The van der Waals surface area contributed by atoms with Crippen molar-refractivity contribution in [1.82, 2.24) is 9.97 Å². The molecule has 0 saturated heterocycles. The van der Waals surface area contributed by atoms with E-state index in [4.69, 9.17) is 16.3 Å². The Morgan fingerprint density at radius 2 is 2.04 bits per heavy atom. The number of fused-ring (bicyclic) bond motifs is 3. The Kier molecular flexibility index (Phi) is 3.75. The molecular formula is C17H13ClN2O2S. The maximum absolute atomic E-state index is 12.2. The summed E-state index contributed by atoms with van der Waals surface area (Å²) in [5.41, 5.74) is 1.87. The van der Waals surface area contributed by atoms with Gasteiger partial charge in [0, 0.05) is 15.5 Å². The summed E-state index contributed by atoms with van der Waals surface area (Å²) in [4.78, 5) is 23.1. The molecule has 1 aromatic carbocycles. The number of thiophene rings is 1. The molecule has 2 heterocycles. The van der Waals surface area contributed by atoms with Crippen LogP contribution in [0.2, 0.25) is 5.02 Å². The second kappa shape index (κ2) is 5.91. The standard InChI is InChI=1S/C17H13ClN2O2S/c18-11-6-4-10(5-7-11)13(21)8-22-16-15-12-2-1-3-14(12)23-17(15)20-9-19-16/h4-7,9H,1-3,8H2. The molecule has 0 bridgehead atoms. The number of carbonyl (C=O) groups excluding carboxylic acids is 1. The van der Waals surface area contributed by atoms with Crippen molar-refractivity contribution in [2.24, 2.45) is 0 Å². The van der Waals surface area contributed by atoms with Gasteiger partial charge in [0.05, 0.1) is 5.39 Å². The number of hydrogen-bond donors (Lipinski definition) is 0. The lowest BCUT2D eigenvalue weighted by Gasteiger charge is -2.06. The highest BCUT2D eigenvalue weighted by atomic mass is 35.5. The smallest absolute Gasteiger partial charge is 0.226 e. The topological polar surface area (TPSA) is 52.1 Å². The molecule has 4 nitrogen and oxygen atoms in total. The van der Waals surface area contributed by atoms with E-state index < -0.39 is 0 Å². The van der Waals surface area contributed by atoms with Crippen molar-refractivity contribution in [2.75, 3.05) is 6.61 Å². The number of ether oxygens (including phenoxy) is 1. The molecule has 0 saturated carbocycles. The average Bonchev–Trinajstić information content (AvgIpc) is 3.14. The van der Waals surface area contributed by atoms with E-state index in [-0.39, 0.29) is 12.4 Å². The first-order chi connectivity index (χ1) is 11.2. The molecule has 4 rings (SSSR count). The quantitative estimate of drug-likeness (QED) is 0.669. The van der Waals surface area contributed by atoms with Gasteiger partial charge in [-0.2, -0.15) is 0 Å². The lowest BCUT2D eigenvalue weighted by molar-refractivity contribution is 0.0919. The van der Waals surface area contributed by atoms with Gasteiger partial charge in [0.1, 0.15) is 11.2 Å². The first-order valence-electron chi connectivity index (χ1n) is 7.39. The molecule has 0 unspecified atom stereocenters. The Labute approximate surface area is 142 Å². The van der Waals surface area contributed by atoms with Crippen molar-refractivity contribution in [3.63, 3.8) is 0 Å². The Hall–Kier alpha value is -1.98. The molecule has 0 aliphatic heterocycles. The maximum Gasteiger partial charge on any atom is 0.226 e. The predicted octanol–water partition coefficient (Wildman–Crippen LogP) is 4.10. The molecule has 23 heavy (non-hydrogen) atoms. The van der Waals surface area contributed by atoms with E-state index in [9.17, 15) is 4.79 Å².